The number of phenols is 1. The molecular formula is C17H8ClF5N2O2. The third-order valence-corrected chi connectivity index (χ3v) is 3.99. The molecule has 0 saturated heterocycles. The van der Waals surface area contributed by atoms with Gasteiger partial charge in [0.2, 0.25) is 5.82 Å². The molecule has 0 fully saturated rings. The highest BCUT2D eigenvalue weighted by molar-refractivity contribution is 6.33. The molecular weight excluding hydrogens is 395 g/mol. The lowest BCUT2D eigenvalue weighted by Gasteiger charge is -2.15. The largest absolute Gasteiger partial charge is 0.507 e. The van der Waals surface area contributed by atoms with Crippen molar-refractivity contribution in [1.29, 1.82) is 0 Å². The number of halogens is 6. The van der Waals surface area contributed by atoms with E-state index in [-0.39, 0.29) is 32.6 Å². The number of benzene rings is 2. The van der Waals surface area contributed by atoms with Crippen molar-refractivity contribution in [1.82, 2.24) is 0 Å². The Morgan fingerprint density at radius 1 is 1.04 bits per heavy atom. The molecule has 0 bridgehead atoms. The number of nitrogens with zero attached hydrogens (tertiary/aromatic N) is 2. The normalized spacial score (nSPS) is 15.7. The number of phenolic OH excluding ortho intramolecular Hbond substituents is 1. The highest BCUT2D eigenvalue weighted by Crippen LogP contribution is 2.34. The first-order valence-corrected chi connectivity index (χ1v) is 7.63. The van der Waals surface area contributed by atoms with Gasteiger partial charge >= 0.3 is 0 Å². The van der Waals surface area contributed by atoms with Crippen LogP contribution in [0.2, 0.25) is 5.02 Å². The molecule has 1 heterocycles. The lowest BCUT2D eigenvalue weighted by Crippen LogP contribution is -2.25. The Hall–Kier alpha value is -2.94. The highest BCUT2D eigenvalue weighted by Gasteiger charge is 2.37. The van der Waals surface area contributed by atoms with Gasteiger partial charge in [0.25, 0.3) is 5.91 Å². The van der Waals surface area contributed by atoms with Crippen LogP contribution in [0.15, 0.2) is 28.9 Å². The summed E-state index contributed by atoms with van der Waals surface area (Å²) in [4.78, 5) is 12.5. The maximum Gasteiger partial charge on any atom is 0.280 e. The van der Waals surface area contributed by atoms with E-state index in [1.165, 1.54) is 25.1 Å². The molecule has 0 unspecified atom stereocenters. The van der Waals surface area contributed by atoms with Gasteiger partial charge in [-0.15, -0.1) is 0 Å². The lowest BCUT2D eigenvalue weighted by atomic mass is 10.1. The Balaban J connectivity index is 2.12. The number of aromatic hydroxyl groups is 1. The number of hydrogen-bond donors (Lipinski definition) is 1. The van der Waals surface area contributed by atoms with Gasteiger partial charge in [0.1, 0.15) is 11.4 Å². The van der Waals surface area contributed by atoms with Crippen molar-refractivity contribution in [3.63, 3.8) is 0 Å². The van der Waals surface area contributed by atoms with Gasteiger partial charge in [-0.3, -0.25) is 4.79 Å². The van der Waals surface area contributed by atoms with Crippen LogP contribution in [-0.2, 0) is 4.79 Å². The maximum absolute atomic E-state index is 14.0. The smallest absolute Gasteiger partial charge is 0.280 e. The van der Waals surface area contributed by atoms with E-state index in [0.717, 1.165) is 6.08 Å². The van der Waals surface area contributed by atoms with Crippen LogP contribution in [0.1, 0.15) is 12.5 Å². The Morgan fingerprint density at radius 3 is 2.19 bits per heavy atom. The van der Waals surface area contributed by atoms with Gasteiger partial charge in [-0.25, -0.2) is 22.0 Å². The van der Waals surface area contributed by atoms with Gasteiger partial charge in [-0.1, -0.05) is 11.6 Å². The first-order chi connectivity index (χ1) is 12.6. The minimum atomic E-state index is -2.35. The van der Waals surface area contributed by atoms with Gasteiger partial charge in [-0.2, -0.15) is 10.1 Å². The van der Waals surface area contributed by atoms with Crippen LogP contribution in [0.5, 0.6) is 5.75 Å². The van der Waals surface area contributed by atoms with Gasteiger partial charge in [0.05, 0.1) is 11.3 Å². The molecule has 27 heavy (non-hydrogen) atoms. The second kappa shape index (κ2) is 6.66. The second-order valence-corrected chi connectivity index (χ2v) is 5.92. The molecule has 0 aliphatic carbocycles. The lowest BCUT2D eigenvalue weighted by molar-refractivity contribution is -0.114. The van der Waals surface area contributed by atoms with Crippen molar-refractivity contribution >= 4 is 35.0 Å². The summed E-state index contributed by atoms with van der Waals surface area (Å²) in [6.45, 7) is 1.29. The molecule has 0 atom stereocenters. The van der Waals surface area contributed by atoms with Gasteiger partial charge in [0.15, 0.2) is 23.3 Å². The monoisotopic (exact) mass is 402 g/mol. The SMILES string of the molecule is CC1=NN(c2c(F)c(F)c(F)c(F)c2F)C(=O)/C1=C/c1cc(Cl)ccc1O. The summed E-state index contributed by atoms with van der Waals surface area (Å²) in [5.74, 6) is -12.5. The summed E-state index contributed by atoms with van der Waals surface area (Å²) in [5.41, 5.74) is -1.69. The van der Waals surface area contributed by atoms with E-state index >= 15 is 0 Å². The number of rotatable bonds is 2. The molecule has 1 aliphatic rings. The van der Waals surface area contributed by atoms with E-state index < -0.39 is 40.7 Å². The molecule has 2 aromatic carbocycles. The number of carbonyl (C=O) groups excluding carboxylic acids is 1. The summed E-state index contributed by atoms with van der Waals surface area (Å²) < 4.78 is 67.9. The van der Waals surface area contributed by atoms with Crippen molar-refractivity contribution in [3.8, 4) is 5.75 Å². The predicted octanol–water partition coefficient (Wildman–Crippen LogP) is 4.55. The first kappa shape index (κ1) is 18.8. The Kier molecular flexibility index (Phi) is 4.64. The number of carbonyl (C=O) groups is 1. The molecule has 2 aromatic rings. The van der Waals surface area contributed by atoms with Gasteiger partial charge in [0, 0.05) is 10.6 Å². The fraction of sp³-hybridized carbons (Fsp3) is 0.0588. The Bertz CT molecular complexity index is 1020. The molecule has 0 radical (unpaired) electrons. The minimum Gasteiger partial charge on any atom is -0.507 e. The Morgan fingerprint density at radius 2 is 1.59 bits per heavy atom. The number of amides is 1. The van der Waals surface area contributed by atoms with Crippen LogP contribution < -0.4 is 5.01 Å². The minimum absolute atomic E-state index is 0.0664. The van der Waals surface area contributed by atoms with E-state index in [1.54, 1.807) is 0 Å². The van der Waals surface area contributed by atoms with E-state index in [0.29, 0.717) is 0 Å². The third kappa shape index (κ3) is 3.03. The number of hydrogen-bond acceptors (Lipinski definition) is 3. The maximum atomic E-state index is 14.0. The topological polar surface area (TPSA) is 52.9 Å². The van der Waals surface area contributed by atoms with Crippen LogP contribution in [0.3, 0.4) is 0 Å². The van der Waals surface area contributed by atoms with Crippen LogP contribution in [0, 0.1) is 29.1 Å². The van der Waals surface area contributed by atoms with E-state index in [2.05, 4.69) is 5.10 Å². The zero-order valence-corrected chi connectivity index (χ0v) is 14.1. The summed E-state index contributed by atoms with van der Waals surface area (Å²) >= 11 is 5.81. The number of anilines is 1. The fourth-order valence-corrected chi connectivity index (χ4v) is 2.59. The average Bonchev–Trinajstić information content (AvgIpc) is 2.89. The molecule has 10 heteroatoms. The fourth-order valence-electron chi connectivity index (χ4n) is 2.41. The molecule has 0 aromatic heterocycles. The summed E-state index contributed by atoms with van der Waals surface area (Å²) in [6, 6.07) is 3.95. The molecule has 1 N–H and O–H groups in total. The molecule has 3 rings (SSSR count). The molecule has 1 amide bonds. The molecule has 140 valence electrons. The summed E-state index contributed by atoms with van der Waals surface area (Å²) in [6.07, 6.45) is 1.13. The number of hydrazone groups is 1. The summed E-state index contributed by atoms with van der Waals surface area (Å²) in [5, 5.41) is 13.7. The predicted molar refractivity (Wildman–Crippen MR) is 87.9 cm³/mol. The van der Waals surface area contributed by atoms with Crippen molar-refractivity contribution in [2.75, 3.05) is 5.01 Å². The second-order valence-electron chi connectivity index (χ2n) is 5.48. The molecule has 4 nitrogen and oxygen atoms in total. The van der Waals surface area contributed by atoms with Crippen molar-refractivity contribution in [3.05, 3.63) is 63.4 Å². The summed E-state index contributed by atoms with van der Waals surface area (Å²) in [7, 11) is 0. The highest BCUT2D eigenvalue weighted by atomic mass is 35.5. The first-order valence-electron chi connectivity index (χ1n) is 7.25. The zero-order valence-electron chi connectivity index (χ0n) is 13.3. The van der Waals surface area contributed by atoms with Crippen LogP contribution in [-0.4, -0.2) is 16.7 Å². The van der Waals surface area contributed by atoms with E-state index in [9.17, 15) is 31.9 Å². The average molecular weight is 403 g/mol. The van der Waals surface area contributed by atoms with Gasteiger partial charge in [-0.05, 0) is 31.2 Å². The van der Waals surface area contributed by atoms with Crippen molar-refractivity contribution < 1.29 is 31.9 Å². The van der Waals surface area contributed by atoms with Crippen LogP contribution >= 0.6 is 11.6 Å². The third-order valence-electron chi connectivity index (χ3n) is 3.75. The van der Waals surface area contributed by atoms with Crippen molar-refractivity contribution in [2.45, 2.75) is 6.92 Å². The Labute approximate surface area is 153 Å². The van der Waals surface area contributed by atoms with Crippen LogP contribution in [0.4, 0.5) is 27.6 Å². The standard InChI is InChI=1S/C17H8ClF5N2O2/c1-6-9(5-7-4-8(18)2-3-10(7)26)17(27)25(24-6)16-14(22)12(20)11(19)13(21)15(16)23/h2-5,26H,1H3/b9-5+. The van der Waals surface area contributed by atoms with E-state index in [4.69, 9.17) is 11.6 Å². The quantitative estimate of drug-likeness (QED) is 0.347. The van der Waals surface area contributed by atoms with Gasteiger partial charge < -0.3 is 5.11 Å². The zero-order chi connectivity index (χ0) is 20.0. The molecule has 0 spiro atoms. The van der Waals surface area contributed by atoms with Crippen molar-refractivity contribution in [2.24, 2.45) is 5.10 Å². The van der Waals surface area contributed by atoms with Crippen LogP contribution in [0.25, 0.3) is 6.08 Å². The molecule has 0 saturated carbocycles. The van der Waals surface area contributed by atoms with E-state index in [1.807, 2.05) is 0 Å². The molecule has 1 aliphatic heterocycles.